The average Bonchev–Trinajstić information content (AvgIpc) is 3.03. The zero-order valence-corrected chi connectivity index (χ0v) is 24.8. The highest BCUT2D eigenvalue weighted by molar-refractivity contribution is 6.61. The molecule has 38 heavy (non-hydrogen) atoms. The van der Waals surface area contributed by atoms with Gasteiger partial charge in [-0.3, -0.25) is 4.79 Å². The van der Waals surface area contributed by atoms with E-state index in [0.717, 1.165) is 24.7 Å². The summed E-state index contributed by atoms with van der Waals surface area (Å²) in [6, 6.07) is -0.680. The number of aromatic nitrogens is 2. The average molecular weight is 532 g/mol. The lowest BCUT2D eigenvalue weighted by Gasteiger charge is -2.40. The Kier molecular flexibility index (Phi) is 9.03. The summed E-state index contributed by atoms with van der Waals surface area (Å²) in [6.45, 7) is 18.6. The molecule has 1 aromatic rings. The summed E-state index contributed by atoms with van der Waals surface area (Å²) >= 11 is 0. The summed E-state index contributed by atoms with van der Waals surface area (Å²) in [5.74, 6) is 0.401. The van der Waals surface area contributed by atoms with Crippen molar-refractivity contribution in [2.45, 2.75) is 110 Å². The smallest absolute Gasteiger partial charge is 0.444 e. The van der Waals surface area contributed by atoms with Crippen molar-refractivity contribution in [2.24, 2.45) is 5.92 Å². The highest BCUT2D eigenvalue weighted by Gasteiger charge is 2.52. The standard InChI is InChI=1S/C27H46BN5O5/c1-18(2)21(31-24(35)36-25(3,4)5)22(34)33-14-12-11-13-20(33)17-32(10)23-29-15-19(16-30-23)28-37-26(6,7)27(8,9)38-28/h15-16,18,20-21H,11-14,17H2,1-10H3,(H,31,35)/t20-,21-/m0/s1. The molecule has 3 rings (SSSR count). The quantitative estimate of drug-likeness (QED) is 0.535. The van der Waals surface area contributed by atoms with Gasteiger partial charge in [0, 0.05) is 44.0 Å². The molecule has 10 nitrogen and oxygen atoms in total. The first kappa shape index (κ1) is 30.2. The SMILES string of the molecule is CC(C)[C@H](NC(=O)OC(C)(C)C)C(=O)N1CCCC[C@H]1CN(C)c1ncc(B2OC(C)(C)C(C)(C)O2)cn1. The highest BCUT2D eigenvalue weighted by atomic mass is 16.7. The van der Waals surface area contributed by atoms with Gasteiger partial charge in [0.05, 0.1) is 11.2 Å². The van der Waals surface area contributed by atoms with Crippen molar-refractivity contribution in [3.8, 4) is 0 Å². The monoisotopic (exact) mass is 531 g/mol. The summed E-state index contributed by atoms with van der Waals surface area (Å²) in [5, 5.41) is 2.81. The van der Waals surface area contributed by atoms with Crippen molar-refractivity contribution in [1.82, 2.24) is 20.2 Å². The molecular formula is C27H46BN5O5. The minimum Gasteiger partial charge on any atom is -0.444 e. The molecule has 0 spiro atoms. The molecule has 2 aliphatic heterocycles. The number of likely N-dealkylation sites (tertiary alicyclic amines) is 1. The van der Waals surface area contributed by atoms with E-state index in [1.54, 1.807) is 33.2 Å². The fraction of sp³-hybridized carbons (Fsp3) is 0.778. The minimum atomic E-state index is -0.661. The molecule has 2 saturated heterocycles. The van der Waals surface area contributed by atoms with Gasteiger partial charge in [-0.1, -0.05) is 13.8 Å². The van der Waals surface area contributed by atoms with E-state index in [2.05, 4.69) is 15.3 Å². The number of hydrogen-bond acceptors (Lipinski definition) is 8. The molecule has 1 N–H and O–H groups in total. The van der Waals surface area contributed by atoms with Gasteiger partial charge >= 0.3 is 13.2 Å². The van der Waals surface area contributed by atoms with Crippen LogP contribution in [0.5, 0.6) is 0 Å². The number of carbonyl (C=O) groups excluding carboxylic acids is 2. The first-order valence-corrected chi connectivity index (χ1v) is 13.7. The molecule has 2 fully saturated rings. The van der Waals surface area contributed by atoms with Crippen LogP contribution in [0.3, 0.4) is 0 Å². The molecule has 212 valence electrons. The van der Waals surface area contributed by atoms with Crippen molar-refractivity contribution in [3.63, 3.8) is 0 Å². The van der Waals surface area contributed by atoms with Crippen LogP contribution in [0.1, 0.15) is 81.6 Å². The molecule has 2 atom stereocenters. The van der Waals surface area contributed by atoms with Crippen LogP contribution in [-0.4, -0.2) is 83.0 Å². The van der Waals surface area contributed by atoms with E-state index in [4.69, 9.17) is 14.0 Å². The lowest BCUT2D eigenvalue weighted by molar-refractivity contribution is -0.138. The second-order valence-electron chi connectivity index (χ2n) is 12.8. The third-order valence-corrected chi connectivity index (χ3v) is 7.52. The number of rotatable bonds is 7. The first-order valence-electron chi connectivity index (χ1n) is 13.7. The van der Waals surface area contributed by atoms with Crippen molar-refractivity contribution >= 4 is 30.5 Å². The number of ether oxygens (including phenoxy) is 1. The third-order valence-electron chi connectivity index (χ3n) is 7.52. The van der Waals surface area contributed by atoms with Gasteiger partial charge in [-0.25, -0.2) is 14.8 Å². The Labute approximate surface area is 228 Å². The second kappa shape index (κ2) is 11.4. The summed E-state index contributed by atoms with van der Waals surface area (Å²) in [7, 11) is 1.41. The number of likely N-dealkylation sites (N-methyl/N-ethyl adjacent to an activating group) is 1. The number of nitrogens with zero attached hydrogens (tertiary/aromatic N) is 4. The summed E-state index contributed by atoms with van der Waals surface area (Å²) in [5.41, 5.74) is -0.737. The molecule has 2 aliphatic rings. The Hall–Kier alpha value is -2.40. The molecule has 0 saturated carbocycles. The zero-order valence-electron chi connectivity index (χ0n) is 24.8. The molecule has 1 aromatic heterocycles. The Balaban J connectivity index is 1.67. The topological polar surface area (TPSA) is 106 Å². The highest BCUT2D eigenvalue weighted by Crippen LogP contribution is 2.36. The van der Waals surface area contributed by atoms with Gasteiger partial charge in [0.25, 0.3) is 0 Å². The van der Waals surface area contributed by atoms with E-state index in [0.29, 0.717) is 19.0 Å². The molecule has 0 bridgehead atoms. The minimum absolute atomic E-state index is 0.0192. The molecule has 0 aliphatic carbocycles. The molecule has 3 heterocycles. The van der Waals surface area contributed by atoms with E-state index in [9.17, 15) is 9.59 Å². The Morgan fingerprint density at radius 3 is 2.26 bits per heavy atom. The maximum absolute atomic E-state index is 13.6. The Bertz CT molecular complexity index is 963. The van der Waals surface area contributed by atoms with Gasteiger partial charge in [0.2, 0.25) is 11.9 Å². The van der Waals surface area contributed by atoms with Crippen LogP contribution in [-0.2, 0) is 18.8 Å². The number of alkyl carbamates (subject to hydrolysis) is 1. The summed E-state index contributed by atoms with van der Waals surface area (Å²) < 4.78 is 17.6. The summed E-state index contributed by atoms with van der Waals surface area (Å²) in [4.78, 5) is 39.1. The van der Waals surface area contributed by atoms with Gasteiger partial charge in [-0.2, -0.15) is 0 Å². The third kappa shape index (κ3) is 7.17. The second-order valence-corrected chi connectivity index (χ2v) is 12.8. The Morgan fingerprint density at radius 1 is 1.16 bits per heavy atom. The lowest BCUT2D eigenvalue weighted by Crippen LogP contribution is -2.57. The maximum Gasteiger partial charge on any atom is 0.498 e. The van der Waals surface area contributed by atoms with E-state index in [-0.39, 0.29) is 17.9 Å². The fourth-order valence-corrected chi connectivity index (χ4v) is 4.63. The number of carbonyl (C=O) groups is 2. The molecule has 2 amide bonds. The van der Waals surface area contributed by atoms with Gasteiger partial charge in [0.1, 0.15) is 11.6 Å². The van der Waals surface area contributed by atoms with Crippen LogP contribution in [0.4, 0.5) is 10.7 Å². The van der Waals surface area contributed by atoms with Crippen molar-refractivity contribution in [1.29, 1.82) is 0 Å². The lowest BCUT2D eigenvalue weighted by atomic mass is 9.81. The number of anilines is 1. The normalized spacial score (nSPS) is 21.8. The van der Waals surface area contributed by atoms with Crippen LogP contribution in [0, 0.1) is 5.92 Å². The molecular weight excluding hydrogens is 485 g/mol. The number of amides is 2. The van der Waals surface area contributed by atoms with Crippen molar-refractivity contribution in [3.05, 3.63) is 12.4 Å². The van der Waals surface area contributed by atoms with E-state index >= 15 is 0 Å². The van der Waals surface area contributed by atoms with Crippen molar-refractivity contribution in [2.75, 3.05) is 25.0 Å². The predicted octanol–water partition coefficient (Wildman–Crippen LogP) is 3.14. The van der Waals surface area contributed by atoms with Crippen LogP contribution in [0.25, 0.3) is 0 Å². The van der Waals surface area contributed by atoms with Gasteiger partial charge in [-0.05, 0) is 73.6 Å². The van der Waals surface area contributed by atoms with Crippen LogP contribution >= 0.6 is 0 Å². The van der Waals surface area contributed by atoms with E-state index in [1.165, 1.54) is 0 Å². The Morgan fingerprint density at radius 2 is 1.74 bits per heavy atom. The molecule has 0 unspecified atom stereocenters. The van der Waals surface area contributed by atoms with Crippen LogP contribution in [0.2, 0.25) is 0 Å². The van der Waals surface area contributed by atoms with E-state index in [1.807, 2.05) is 58.4 Å². The van der Waals surface area contributed by atoms with Gasteiger partial charge < -0.3 is 29.2 Å². The largest absolute Gasteiger partial charge is 0.498 e. The van der Waals surface area contributed by atoms with Crippen molar-refractivity contribution < 1.29 is 23.6 Å². The molecule has 11 heteroatoms. The fourth-order valence-electron chi connectivity index (χ4n) is 4.63. The number of nitrogens with one attached hydrogen (secondary N) is 1. The zero-order chi connectivity index (χ0) is 28.5. The molecule has 0 radical (unpaired) electrons. The van der Waals surface area contributed by atoms with E-state index < -0.39 is 36.1 Å². The van der Waals surface area contributed by atoms with Gasteiger partial charge in [0.15, 0.2) is 0 Å². The number of hydrogen-bond donors (Lipinski definition) is 1. The first-order chi connectivity index (χ1) is 17.5. The van der Waals surface area contributed by atoms with Crippen LogP contribution in [0.15, 0.2) is 12.4 Å². The number of piperidine rings is 1. The maximum atomic E-state index is 13.6. The van der Waals surface area contributed by atoms with Gasteiger partial charge in [-0.15, -0.1) is 0 Å². The predicted molar refractivity (Wildman–Crippen MR) is 148 cm³/mol. The van der Waals surface area contributed by atoms with Crippen LogP contribution < -0.4 is 15.7 Å². The summed E-state index contributed by atoms with van der Waals surface area (Å²) in [6.07, 6.45) is 5.75. The molecule has 0 aromatic carbocycles.